The number of para-hydroxylation sites is 2. The number of amides is 1. The van der Waals surface area contributed by atoms with Crippen LogP contribution < -0.4 is 15.8 Å². The molecule has 0 aromatic heterocycles. The van der Waals surface area contributed by atoms with Gasteiger partial charge in [0.15, 0.2) is 6.10 Å². The number of hydrogen-bond donors (Lipinski definition) is 2. The fourth-order valence-electron chi connectivity index (χ4n) is 1.61. The lowest BCUT2D eigenvalue weighted by molar-refractivity contribution is -0.122. The molecule has 0 bridgehead atoms. The average Bonchev–Trinajstić information content (AvgIpc) is 2.44. The normalized spacial score (nSPS) is 11.7. The van der Waals surface area contributed by atoms with Crippen LogP contribution in [-0.4, -0.2) is 12.0 Å². The average molecular weight is 274 g/mol. The van der Waals surface area contributed by atoms with Gasteiger partial charge >= 0.3 is 0 Å². The van der Waals surface area contributed by atoms with Gasteiger partial charge in [-0.2, -0.15) is 0 Å². The van der Waals surface area contributed by atoms with Crippen LogP contribution in [0.5, 0.6) is 5.75 Å². The lowest BCUT2D eigenvalue weighted by atomic mass is 10.2. The maximum atomic E-state index is 12.8. The summed E-state index contributed by atoms with van der Waals surface area (Å²) in [5.41, 5.74) is 6.71. The van der Waals surface area contributed by atoms with Gasteiger partial charge < -0.3 is 15.8 Å². The molecule has 5 heteroatoms. The molecular weight excluding hydrogens is 259 g/mol. The van der Waals surface area contributed by atoms with Crippen molar-refractivity contribution in [3.63, 3.8) is 0 Å². The number of rotatable bonds is 4. The molecule has 2 rings (SSSR count). The predicted molar refractivity (Wildman–Crippen MR) is 76.0 cm³/mol. The number of nitrogen functional groups attached to an aromatic ring is 1. The third-order valence-corrected chi connectivity index (χ3v) is 2.70. The Kier molecular flexibility index (Phi) is 4.20. The molecule has 2 aromatic rings. The van der Waals surface area contributed by atoms with Crippen molar-refractivity contribution in [1.82, 2.24) is 0 Å². The summed E-state index contributed by atoms with van der Waals surface area (Å²) in [6.45, 7) is 1.62. The smallest absolute Gasteiger partial charge is 0.265 e. The Morgan fingerprint density at radius 3 is 2.50 bits per heavy atom. The maximum absolute atomic E-state index is 12.8. The molecule has 3 N–H and O–H groups in total. The van der Waals surface area contributed by atoms with Crippen molar-refractivity contribution in [3.8, 4) is 5.75 Å². The van der Waals surface area contributed by atoms with Crippen LogP contribution in [0.4, 0.5) is 15.8 Å². The van der Waals surface area contributed by atoms with Gasteiger partial charge in [0.2, 0.25) is 0 Å². The van der Waals surface area contributed by atoms with Crippen LogP contribution in [-0.2, 0) is 4.79 Å². The molecule has 0 fully saturated rings. The van der Waals surface area contributed by atoms with Crippen LogP contribution in [0.25, 0.3) is 0 Å². The van der Waals surface area contributed by atoms with Crippen LogP contribution in [0.15, 0.2) is 48.5 Å². The van der Waals surface area contributed by atoms with Gasteiger partial charge in [0.05, 0.1) is 5.69 Å². The summed E-state index contributed by atoms with van der Waals surface area (Å²) in [7, 11) is 0. The zero-order chi connectivity index (χ0) is 14.5. The summed E-state index contributed by atoms with van der Waals surface area (Å²) < 4.78 is 18.3. The standard InChI is InChI=1S/C15H15FN2O2/c1-10(20-14-5-3-2-4-13(14)17)15(19)18-12-8-6-11(16)7-9-12/h2-10H,17H2,1H3,(H,18,19). The van der Waals surface area contributed by atoms with Crippen molar-refractivity contribution in [1.29, 1.82) is 0 Å². The first kappa shape index (κ1) is 13.9. The minimum Gasteiger partial charge on any atom is -0.479 e. The molecule has 0 aliphatic carbocycles. The topological polar surface area (TPSA) is 64.3 Å². The number of nitrogens with two attached hydrogens (primary N) is 1. The van der Waals surface area contributed by atoms with Gasteiger partial charge in [-0.15, -0.1) is 0 Å². The molecule has 1 amide bonds. The fourth-order valence-corrected chi connectivity index (χ4v) is 1.61. The van der Waals surface area contributed by atoms with Gasteiger partial charge in [0, 0.05) is 5.69 Å². The molecule has 0 aliphatic rings. The number of carbonyl (C=O) groups excluding carboxylic acids is 1. The number of halogens is 1. The second-order valence-electron chi connectivity index (χ2n) is 4.29. The number of anilines is 2. The van der Waals surface area contributed by atoms with Crippen LogP contribution in [0.2, 0.25) is 0 Å². The lowest BCUT2D eigenvalue weighted by Gasteiger charge is -2.15. The molecule has 4 nitrogen and oxygen atoms in total. The first-order chi connectivity index (χ1) is 9.56. The molecule has 20 heavy (non-hydrogen) atoms. The van der Waals surface area contributed by atoms with Crippen molar-refractivity contribution in [2.24, 2.45) is 0 Å². The molecule has 2 aromatic carbocycles. The van der Waals surface area contributed by atoms with E-state index in [1.165, 1.54) is 24.3 Å². The Bertz CT molecular complexity index is 599. The van der Waals surface area contributed by atoms with Crippen LogP contribution in [0.3, 0.4) is 0 Å². The molecule has 0 saturated heterocycles. The van der Waals surface area contributed by atoms with E-state index in [0.717, 1.165) is 0 Å². The van der Waals surface area contributed by atoms with E-state index < -0.39 is 6.10 Å². The van der Waals surface area contributed by atoms with Gasteiger partial charge in [0.1, 0.15) is 11.6 Å². The minimum absolute atomic E-state index is 0.333. The third-order valence-electron chi connectivity index (χ3n) is 2.70. The summed E-state index contributed by atoms with van der Waals surface area (Å²) in [4.78, 5) is 11.9. The fraction of sp³-hybridized carbons (Fsp3) is 0.133. The van der Waals surface area contributed by atoms with Crippen molar-refractivity contribution < 1.29 is 13.9 Å². The highest BCUT2D eigenvalue weighted by molar-refractivity contribution is 5.94. The third kappa shape index (κ3) is 3.47. The minimum atomic E-state index is -0.718. The molecular formula is C15H15FN2O2. The van der Waals surface area contributed by atoms with Gasteiger partial charge in [-0.3, -0.25) is 4.79 Å². The Hall–Kier alpha value is -2.56. The molecule has 1 unspecified atom stereocenters. The zero-order valence-electron chi connectivity index (χ0n) is 11.0. The number of carbonyl (C=O) groups is 1. The molecule has 104 valence electrons. The molecule has 0 heterocycles. The summed E-state index contributed by atoms with van der Waals surface area (Å²) in [5, 5.41) is 2.64. The molecule has 0 aliphatic heterocycles. The molecule has 1 atom stereocenters. The summed E-state index contributed by atoms with van der Waals surface area (Å²) in [5.74, 6) is -0.238. The van der Waals surface area contributed by atoms with Crippen molar-refractivity contribution in [2.45, 2.75) is 13.0 Å². The van der Waals surface area contributed by atoms with E-state index in [1.54, 1.807) is 31.2 Å². The van der Waals surface area contributed by atoms with E-state index >= 15 is 0 Å². The van der Waals surface area contributed by atoms with Crippen molar-refractivity contribution in [2.75, 3.05) is 11.1 Å². The largest absolute Gasteiger partial charge is 0.479 e. The highest BCUT2D eigenvalue weighted by Gasteiger charge is 2.15. The van der Waals surface area contributed by atoms with Crippen molar-refractivity contribution >= 4 is 17.3 Å². The maximum Gasteiger partial charge on any atom is 0.265 e. The number of hydrogen-bond acceptors (Lipinski definition) is 3. The highest BCUT2D eigenvalue weighted by Crippen LogP contribution is 2.21. The van der Waals surface area contributed by atoms with E-state index in [1.807, 2.05) is 0 Å². The summed E-state index contributed by atoms with van der Waals surface area (Å²) in [6, 6.07) is 12.5. The lowest BCUT2D eigenvalue weighted by Crippen LogP contribution is -2.30. The second kappa shape index (κ2) is 6.06. The Labute approximate surface area is 116 Å². The van der Waals surface area contributed by atoms with E-state index in [9.17, 15) is 9.18 Å². The number of ether oxygens (including phenoxy) is 1. The van der Waals surface area contributed by atoms with E-state index in [4.69, 9.17) is 10.5 Å². The number of nitrogens with one attached hydrogen (secondary N) is 1. The Morgan fingerprint density at radius 1 is 1.20 bits per heavy atom. The zero-order valence-corrected chi connectivity index (χ0v) is 11.0. The van der Waals surface area contributed by atoms with Crippen molar-refractivity contribution in [3.05, 3.63) is 54.3 Å². The molecule has 0 radical (unpaired) electrons. The Morgan fingerprint density at radius 2 is 1.85 bits per heavy atom. The molecule has 0 saturated carbocycles. The summed E-state index contributed by atoms with van der Waals surface area (Å²) in [6.07, 6.45) is -0.718. The molecule has 0 spiro atoms. The van der Waals surface area contributed by atoms with Crippen LogP contribution in [0, 0.1) is 5.82 Å². The van der Waals surface area contributed by atoms with Gasteiger partial charge in [0.25, 0.3) is 5.91 Å². The van der Waals surface area contributed by atoms with Crippen LogP contribution >= 0.6 is 0 Å². The van der Waals surface area contributed by atoms with Gasteiger partial charge in [-0.25, -0.2) is 4.39 Å². The summed E-state index contributed by atoms with van der Waals surface area (Å²) >= 11 is 0. The quantitative estimate of drug-likeness (QED) is 0.843. The van der Waals surface area contributed by atoms with E-state index in [0.29, 0.717) is 17.1 Å². The van der Waals surface area contributed by atoms with Gasteiger partial charge in [-0.1, -0.05) is 12.1 Å². The SMILES string of the molecule is CC(Oc1ccccc1N)C(=O)Nc1ccc(F)cc1. The van der Waals surface area contributed by atoms with Gasteiger partial charge in [-0.05, 0) is 43.3 Å². The first-order valence-corrected chi connectivity index (χ1v) is 6.14. The van der Waals surface area contributed by atoms with Crippen LogP contribution in [0.1, 0.15) is 6.92 Å². The predicted octanol–water partition coefficient (Wildman–Crippen LogP) is 2.81. The first-order valence-electron chi connectivity index (χ1n) is 6.14. The Balaban J connectivity index is 1.99. The monoisotopic (exact) mass is 274 g/mol. The number of benzene rings is 2. The second-order valence-corrected chi connectivity index (χ2v) is 4.29. The highest BCUT2D eigenvalue weighted by atomic mass is 19.1. The van der Waals surface area contributed by atoms with E-state index in [-0.39, 0.29) is 11.7 Å². The van der Waals surface area contributed by atoms with E-state index in [2.05, 4.69) is 5.32 Å².